The third kappa shape index (κ3) is 1.32. The second-order valence-electron chi connectivity index (χ2n) is 6.14. The number of esters is 1. The fraction of sp³-hybridized carbons (Fsp3) is 0.438. The highest BCUT2D eigenvalue weighted by Gasteiger charge is 2.70. The van der Waals surface area contributed by atoms with E-state index in [-0.39, 0.29) is 17.0 Å². The highest BCUT2D eigenvalue weighted by atomic mass is 16.6. The van der Waals surface area contributed by atoms with E-state index in [0.717, 1.165) is 23.1 Å². The molecule has 1 heterocycles. The van der Waals surface area contributed by atoms with Crippen LogP contribution < -0.4 is 0 Å². The van der Waals surface area contributed by atoms with Gasteiger partial charge in [0.05, 0.1) is 0 Å². The molecule has 1 atom stereocenters. The Kier molecular flexibility index (Phi) is 2.08. The van der Waals surface area contributed by atoms with Gasteiger partial charge in [0, 0.05) is 23.0 Å². The van der Waals surface area contributed by atoms with E-state index >= 15 is 0 Å². The highest BCUT2D eigenvalue weighted by Crippen LogP contribution is 2.67. The Bertz CT molecular complexity index is 563. The molecule has 3 rings (SSSR count). The monoisotopic (exact) mass is 242 g/mol. The molecule has 0 aromatic heterocycles. The molecule has 18 heavy (non-hydrogen) atoms. The maximum atomic E-state index is 11.9. The molecule has 1 unspecified atom stereocenters. The quantitative estimate of drug-likeness (QED) is 0.705. The zero-order valence-electron chi connectivity index (χ0n) is 11.3. The summed E-state index contributed by atoms with van der Waals surface area (Å²) in [6.07, 6.45) is 0.923. The summed E-state index contributed by atoms with van der Waals surface area (Å²) in [5.41, 5.74) is 3.90. The van der Waals surface area contributed by atoms with Gasteiger partial charge in [-0.05, 0) is 19.4 Å². The summed E-state index contributed by atoms with van der Waals surface area (Å²) in [5.74, 6) is -0.156. The van der Waals surface area contributed by atoms with Gasteiger partial charge in [-0.15, -0.1) is 0 Å². The maximum Gasteiger partial charge on any atom is 0.335 e. The first-order chi connectivity index (χ1) is 8.37. The van der Waals surface area contributed by atoms with Crippen LogP contribution in [0, 0.1) is 12.3 Å². The topological polar surface area (TPSA) is 26.3 Å². The molecule has 0 saturated heterocycles. The number of ether oxygens (including phenoxy) is 1. The van der Waals surface area contributed by atoms with Gasteiger partial charge >= 0.3 is 5.97 Å². The Morgan fingerprint density at radius 3 is 2.17 bits per heavy atom. The third-order valence-corrected chi connectivity index (χ3v) is 4.35. The lowest BCUT2D eigenvalue weighted by molar-refractivity contribution is -0.142. The Hall–Kier alpha value is -1.57. The fourth-order valence-corrected chi connectivity index (χ4v) is 3.04. The van der Waals surface area contributed by atoms with E-state index in [1.54, 1.807) is 0 Å². The molecule has 0 bridgehead atoms. The van der Waals surface area contributed by atoms with Crippen molar-refractivity contribution in [2.75, 3.05) is 0 Å². The summed E-state index contributed by atoms with van der Waals surface area (Å²) in [7, 11) is 0. The average Bonchev–Trinajstić information content (AvgIpc) is 2.72. The van der Waals surface area contributed by atoms with Crippen LogP contribution in [0.3, 0.4) is 0 Å². The summed E-state index contributed by atoms with van der Waals surface area (Å²) in [6.45, 7) is 8.26. The van der Waals surface area contributed by atoms with E-state index in [9.17, 15) is 4.79 Å². The van der Waals surface area contributed by atoms with Crippen LogP contribution >= 0.6 is 0 Å². The third-order valence-electron chi connectivity index (χ3n) is 4.35. The minimum atomic E-state index is -0.372. The number of rotatable bonds is 1. The smallest absolute Gasteiger partial charge is 0.335 e. The lowest BCUT2D eigenvalue weighted by Crippen LogP contribution is -2.19. The predicted octanol–water partition coefficient (Wildman–Crippen LogP) is 3.49. The van der Waals surface area contributed by atoms with Crippen molar-refractivity contribution < 1.29 is 9.53 Å². The molecule has 94 valence electrons. The van der Waals surface area contributed by atoms with Crippen molar-refractivity contribution in [3.05, 3.63) is 41.0 Å². The second-order valence-corrected chi connectivity index (χ2v) is 6.14. The summed E-state index contributed by atoms with van der Waals surface area (Å²) in [4.78, 5) is 11.9. The van der Waals surface area contributed by atoms with Crippen LogP contribution in [0.4, 0.5) is 0 Å². The molecule has 2 nitrogen and oxygen atoms in total. The average molecular weight is 242 g/mol. The standard InChI is InChI=1S/C16H18O2/c1-10-5-7-12(8-6-10)13-11(2)14(17)18-16(13)9-15(16,3)4/h5-8H,9H2,1-4H3. The molecule has 1 saturated carbocycles. The van der Waals surface area contributed by atoms with E-state index in [2.05, 4.69) is 45.0 Å². The first-order valence-corrected chi connectivity index (χ1v) is 6.39. The van der Waals surface area contributed by atoms with Crippen LogP contribution in [0.15, 0.2) is 29.8 Å². The lowest BCUT2D eigenvalue weighted by Gasteiger charge is -2.18. The number of hydrogen-bond donors (Lipinski definition) is 0. The molecule has 2 heteroatoms. The zero-order valence-corrected chi connectivity index (χ0v) is 11.3. The SMILES string of the molecule is CC1=C(c2ccc(C)cc2)C2(CC2(C)C)OC1=O. The molecule has 2 aliphatic rings. The normalized spacial score (nSPS) is 28.8. The summed E-state index contributed by atoms with van der Waals surface area (Å²) >= 11 is 0. The molecule has 1 spiro atoms. The van der Waals surface area contributed by atoms with Crippen molar-refractivity contribution in [2.24, 2.45) is 5.41 Å². The van der Waals surface area contributed by atoms with Gasteiger partial charge in [0.25, 0.3) is 0 Å². The Balaban J connectivity index is 2.14. The van der Waals surface area contributed by atoms with Crippen molar-refractivity contribution in [2.45, 2.75) is 39.7 Å². The molecular weight excluding hydrogens is 224 g/mol. The summed E-state index contributed by atoms with van der Waals surface area (Å²) in [6, 6.07) is 8.35. The molecule has 1 aromatic carbocycles. The van der Waals surface area contributed by atoms with Crippen molar-refractivity contribution in [1.82, 2.24) is 0 Å². The van der Waals surface area contributed by atoms with Gasteiger partial charge in [-0.1, -0.05) is 43.7 Å². The minimum Gasteiger partial charge on any atom is -0.450 e. The molecule has 0 radical (unpaired) electrons. The summed E-state index contributed by atoms with van der Waals surface area (Å²) in [5, 5.41) is 0. The van der Waals surface area contributed by atoms with Crippen LogP contribution in [0.2, 0.25) is 0 Å². The first kappa shape index (κ1) is 11.5. The van der Waals surface area contributed by atoms with E-state index < -0.39 is 0 Å². The van der Waals surface area contributed by atoms with E-state index in [0.29, 0.717) is 0 Å². The van der Waals surface area contributed by atoms with Crippen LogP contribution in [0.25, 0.3) is 5.57 Å². The Morgan fingerprint density at radius 2 is 1.67 bits per heavy atom. The van der Waals surface area contributed by atoms with Crippen molar-refractivity contribution >= 4 is 11.5 Å². The molecular formula is C16H18O2. The summed E-state index contributed by atoms with van der Waals surface area (Å²) < 4.78 is 5.67. The van der Waals surface area contributed by atoms with Crippen molar-refractivity contribution in [1.29, 1.82) is 0 Å². The number of carbonyl (C=O) groups is 1. The van der Waals surface area contributed by atoms with Crippen LogP contribution in [0.5, 0.6) is 0 Å². The molecule has 0 N–H and O–H groups in total. The van der Waals surface area contributed by atoms with Crippen LogP contribution in [-0.4, -0.2) is 11.6 Å². The van der Waals surface area contributed by atoms with Crippen LogP contribution in [0.1, 0.15) is 38.3 Å². The molecule has 1 fully saturated rings. The Labute approximate surface area is 108 Å². The second kappa shape index (κ2) is 3.25. The van der Waals surface area contributed by atoms with E-state index in [4.69, 9.17) is 4.74 Å². The van der Waals surface area contributed by atoms with Gasteiger partial charge in [-0.3, -0.25) is 0 Å². The fourth-order valence-electron chi connectivity index (χ4n) is 3.04. The molecule has 0 amide bonds. The van der Waals surface area contributed by atoms with E-state index in [1.807, 2.05) is 6.92 Å². The number of hydrogen-bond acceptors (Lipinski definition) is 2. The minimum absolute atomic E-state index is 0.0562. The largest absolute Gasteiger partial charge is 0.450 e. The van der Waals surface area contributed by atoms with Gasteiger partial charge in [-0.2, -0.15) is 0 Å². The van der Waals surface area contributed by atoms with Crippen LogP contribution in [-0.2, 0) is 9.53 Å². The predicted molar refractivity (Wildman–Crippen MR) is 71.0 cm³/mol. The maximum absolute atomic E-state index is 11.9. The van der Waals surface area contributed by atoms with E-state index in [1.165, 1.54) is 5.56 Å². The lowest BCUT2D eigenvalue weighted by atomic mass is 9.91. The number of benzene rings is 1. The highest BCUT2D eigenvalue weighted by molar-refractivity contribution is 6.05. The Morgan fingerprint density at radius 1 is 1.11 bits per heavy atom. The zero-order chi connectivity index (χ0) is 13.1. The number of aryl methyl sites for hydroxylation is 1. The van der Waals surface area contributed by atoms with Gasteiger partial charge < -0.3 is 4.74 Å². The first-order valence-electron chi connectivity index (χ1n) is 6.39. The molecule has 1 aliphatic heterocycles. The van der Waals surface area contributed by atoms with Gasteiger partial charge in [0.1, 0.15) is 5.60 Å². The van der Waals surface area contributed by atoms with Gasteiger partial charge in [-0.25, -0.2) is 4.79 Å². The van der Waals surface area contributed by atoms with Gasteiger partial charge in [0.2, 0.25) is 0 Å². The number of carbonyl (C=O) groups excluding carboxylic acids is 1. The van der Waals surface area contributed by atoms with Crippen molar-refractivity contribution in [3.63, 3.8) is 0 Å². The molecule has 1 aliphatic carbocycles. The van der Waals surface area contributed by atoms with Crippen molar-refractivity contribution in [3.8, 4) is 0 Å². The molecule has 1 aromatic rings. The van der Waals surface area contributed by atoms with Gasteiger partial charge in [0.15, 0.2) is 0 Å².